The second kappa shape index (κ2) is 7.31. The summed E-state index contributed by atoms with van der Waals surface area (Å²) in [6.45, 7) is 4.05. The topological polar surface area (TPSA) is 34.2 Å². The summed E-state index contributed by atoms with van der Waals surface area (Å²) in [5.74, 6) is -1.50. The van der Waals surface area contributed by atoms with Crippen LogP contribution in [0.15, 0.2) is 23.6 Å². The first-order chi connectivity index (χ1) is 9.69. The maximum Gasteiger partial charge on any atom is 0.162 e. The Bertz CT molecular complexity index is 560. The maximum atomic E-state index is 13.0. The van der Waals surface area contributed by atoms with Crippen molar-refractivity contribution in [2.75, 3.05) is 6.54 Å². The van der Waals surface area contributed by atoms with Crippen LogP contribution in [-0.4, -0.2) is 11.5 Å². The summed E-state index contributed by atoms with van der Waals surface area (Å²) < 4.78 is 31.2. The van der Waals surface area contributed by atoms with Crippen LogP contribution in [0.3, 0.4) is 0 Å². The Hall–Kier alpha value is -1.53. The van der Waals surface area contributed by atoms with Crippen molar-refractivity contribution >= 4 is 11.3 Å². The number of thiazole rings is 1. The van der Waals surface area contributed by atoms with Crippen LogP contribution in [0.1, 0.15) is 24.0 Å². The molecule has 3 nitrogen and oxygen atoms in total. The largest absolute Gasteiger partial charge is 0.487 e. The first kappa shape index (κ1) is 14.9. The fourth-order valence-corrected chi connectivity index (χ4v) is 2.34. The van der Waals surface area contributed by atoms with Gasteiger partial charge in [-0.2, -0.15) is 0 Å². The summed E-state index contributed by atoms with van der Waals surface area (Å²) in [4.78, 5) is 4.40. The smallest absolute Gasteiger partial charge is 0.162 e. The van der Waals surface area contributed by atoms with Crippen LogP contribution in [0.5, 0.6) is 5.75 Å². The molecular formula is C14H16F2N2OS. The standard InChI is InChI=1S/C14H16F2N2OS/c1-2-5-17-7-14-18-10(9-20-14)8-19-11-3-4-12(15)13(16)6-11/h3-4,6,9,17H,2,5,7-8H2,1H3. The molecule has 0 atom stereocenters. The fraction of sp³-hybridized carbons (Fsp3) is 0.357. The molecule has 0 fully saturated rings. The molecule has 0 aliphatic heterocycles. The summed E-state index contributed by atoms with van der Waals surface area (Å²) in [6, 6.07) is 3.48. The zero-order chi connectivity index (χ0) is 14.4. The zero-order valence-corrected chi connectivity index (χ0v) is 12.0. The lowest BCUT2D eigenvalue weighted by atomic mass is 10.3. The molecule has 0 unspecified atom stereocenters. The van der Waals surface area contributed by atoms with Gasteiger partial charge in [0.15, 0.2) is 11.6 Å². The van der Waals surface area contributed by atoms with Gasteiger partial charge in [0, 0.05) is 18.0 Å². The summed E-state index contributed by atoms with van der Waals surface area (Å²) in [5.41, 5.74) is 0.785. The van der Waals surface area contributed by atoms with Gasteiger partial charge in [-0.05, 0) is 25.1 Å². The molecule has 20 heavy (non-hydrogen) atoms. The minimum atomic E-state index is -0.912. The second-order valence-corrected chi connectivity index (χ2v) is 5.22. The van der Waals surface area contributed by atoms with Crippen LogP contribution >= 0.6 is 11.3 Å². The lowest BCUT2D eigenvalue weighted by Crippen LogP contribution is -2.13. The Kier molecular flexibility index (Phi) is 5.43. The third-order valence-corrected chi connectivity index (χ3v) is 3.48. The van der Waals surface area contributed by atoms with Crippen LogP contribution in [-0.2, 0) is 13.2 Å². The van der Waals surface area contributed by atoms with Crippen molar-refractivity contribution in [1.82, 2.24) is 10.3 Å². The highest BCUT2D eigenvalue weighted by Gasteiger charge is 2.05. The van der Waals surface area contributed by atoms with Crippen LogP contribution < -0.4 is 10.1 Å². The number of benzene rings is 1. The fourth-order valence-electron chi connectivity index (χ4n) is 1.59. The van der Waals surface area contributed by atoms with Gasteiger partial charge in [-0.15, -0.1) is 11.3 Å². The Morgan fingerprint density at radius 1 is 1.30 bits per heavy atom. The average Bonchev–Trinajstić information content (AvgIpc) is 2.88. The zero-order valence-electron chi connectivity index (χ0n) is 11.2. The molecule has 6 heteroatoms. The van der Waals surface area contributed by atoms with E-state index in [-0.39, 0.29) is 6.61 Å². The van der Waals surface area contributed by atoms with Gasteiger partial charge in [0.1, 0.15) is 17.4 Å². The first-order valence-electron chi connectivity index (χ1n) is 6.41. The average molecular weight is 298 g/mol. The van der Waals surface area contributed by atoms with Gasteiger partial charge in [-0.25, -0.2) is 13.8 Å². The molecule has 0 saturated heterocycles. The van der Waals surface area contributed by atoms with Gasteiger partial charge in [0.2, 0.25) is 0 Å². The Morgan fingerprint density at radius 3 is 2.90 bits per heavy atom. The number of hydrogen-bond acceptors (Lipinski definition) is 4. The molecule has 0 saturated carbocycles. The van der Waals surface area contributed by atoms with Crippen molar-refractivity contribution in [3.8, 4) is 5.75 Å². The van der Waals surface area contributed by atoms with Crippen LogP contribution in [0.2, 0.25) is 0 Å². The number of nitrogens with zero attached hydrogens (tertiary/aromatic N) is 1. The van der Waals surface area contributed by atoms with E-state index in [1.165, 1.54) is 6.07 Å². The minimum Gasteiger partial charge on any atom is -0.487 e. The molecule has 0 spiro atoms. The molecule has 2 rings (SSSR count). The number of nitrogens with one attached hydrogen (secondary N) is 1. The molecular weight excluding hydrogens is 282 g/mol. The van der Waals surface area contributed by atoms with E-state index < -0.39 is 11.6 Å². The highest BCUT2D eigenvalue weighted by molar-refractivity contribution is 7.09. The maximum absolute atomic E-state index is 13.0. The van der Waals surface area contributed by atoms with Crippen molar-refractivity contribution in [3.63, 3.8) is 0 Å². The van der Waals surface area contributed by atoms with Crippen molar-refractivity contribution in [2.24, 2.45) is 0 Å². The van der Waals surface area contributed by atoms with Crippen LogP contribution in [0, 0.1) is 11.6 Å². The van der Waals surface area contributed by atoms with Crippen molar-refractivity contribution in [3.05, 3.63) is 45.9 Å². The van der Waals surface area contributed by atoms with Crippen LogP contribution in [0.25, 0.3) is 0 Å². The van der Waals surface area contributed by atoms with Gasteiger partial charge < -0.3 is 10.1 Å². The van der Waals surface area contributed by atoms with Crippen molar-refractivity contribution in [1.29, 1.82) is 0 Å². The van der Waals surface area contributed by atoms with Crippen LogP contribution in [0.4, 0.5) is 8.78 Å². The lowest BCUT2D eigenvalue weighted by Gasteiger charge is -2.04. The summed E-state index contributed by atoms with van der Waals surface area (Å²) in [7, 11) is 0. The molecule has 108 valence electrons. The first-order valence-corrected chi connectivity index (χ1v) is 7.29. The molecule has 1 N–H and O–H groups in total. The number of hydrogen-bond donors (Lipinski definition) is 1. The number of rotatable bonds is 7. The highest BCUT2D eigenvalue weighted by Crippen LogP contribution is 2.17. The summed E-state index contributed by atoms with van der Waals surface area (Å²) in [5, 5.41) is 6.16. The number of ether oxygens (including phenoxy) is 1. The van der Waals surface area contributed by atoms with E-state index in [1.807, 2.05) is 5.38 Å². The highest BCUT2D eigenvalue weighted by atomic mass is 32.1. The van der Waals surface area contributed by atoms with E-state index in [0.717, 1.165) is 42.3 Å². The van der Waals surface area contributed by atoms with E-state index in [0.29, 0.717) is 5.75 Å². The molecule has 0 amide bonds. The molecule has 1 heterocycles. The van der Waals surface area contributed by atoms with Gasteiger partial charge in [-0.1, -0.05) is 6.92 Å². The summed E-state index contributed by atoms with van der Waals surface area (Å²) >= 11 is 1.55. The molecule has 0 bridgehead atoms. The van der Waals surface area contributed by atoms with Crippen molar-refractivity contribution in [2.45, 2.75) is 26.5 Å². The monoisotopic (exact) mass is 298 g/mol. The Balaban J connectivity index is 1.85. The second-order valence-electron chi connectivity index (χ2n) is 4.27. The number of halogens is 2. The SMILES string of the molecule is CCCNCc1nc(COc2ccc(F)c(F)c2)cs1. The molecule has 1 aromatic carbocycles. The third kappa shape index (κ3) is 4.25. The lowest BCUT2D eigenvalue weighted by molar-refractivity contribution is 0.299. The number of aromatic nitrogens is 1. The Labute approximate surface area is 120 Å². The third-order valence-electron chi connectivity index (χ3n) is 2.58. The van der Waals surface area contributed by atoms with Gasteiger partial charge in [0.25, 0.3) is 0 Å². The van der Waals surface area contributed by atoms with E-state index in [2.05, 4.69) is 17.2 Å². The quantitative estimate of drug-likeness (QED) is 0.794. The van der Waals surface area contributed by atoms with E-state index in [1.54, 1.807) is 11.3 Å². The van der Waals surface area contributed by atoms with E-state index >= 15 is 0 Å². The molecule has 2 aromatic rings. The van der Waals surface area contributed by atoms with Gasteiger partial charge in [0.05, 0.1) is 5.69 Å². The molecule has 1 aromatic heterocycles. The molecule has 0 aliphatic carbocycles. The van der Waals surface area contributed by atoms with E-state index in [4.69, 9.17) is 4.74 Å². The van der Waals surface area contributed by atoms with Gasteiger partial charge in [-0.3, -0.25) is 0 Å². The minimum absolute atomic E-state index is 0.245. The van der Waals surface area contributed by atoms with Crippen molar-refractivity contribution < 1.29 is 13.5 Å². The normalized spacial score (nSPS) is 10.8. The van der Waals surface area contributed by atoms with Gasteiger partial charge >= 0.3 is 0 Å². The predicted molar refractivity (Wildman–Crippen MR) is 74.8 cm³/mol. The summed E-state index contributed by atoms with van der Waals surface area (Å²) in [6.07, 6.45) is 1.08. The molecule has 0 radical (unpaired) electrons. The van der Waals surface area contributed by atoms with E-state index in [9.17, 15) is 8.78 Å². The predicted octanol–water partition coefficient (Wildman–Crippen LogP) is 3.50. The molecule has 0 aliphatic rings. The Morgan fingerprint density at radius 2 is 2.15 bits per heavy atom.